The molecule has 0 aliphatic carbocycles. The van der Waals surface area contributed by atoms with Crippen molar-refractivity contribution in [2.45, 2.75) is 76.4 Å². The van der Waals surface area contributed by atoms with Gasteiger partial charge >= 0.3 is 0 Å². The molecule has 0 unspecified atom stereocenters. The molecule has 2 rings (SSSR count). The third kappa shape index (κ3) is 6.17. The minimum atomic E-state index is -4.27. The predicted molar refractivity (Wildman–Crippen MR) is 97.8 cm³/mol. The van der Waals surface area contributed by atoms with Crippen molar-refractivity contribution in [3.05, 3.63) is 34.7 Å². The van der Waals surface area contributed by atoms with E-state index in [1.54, 1.807) is 12.1 Å². The number of nitroso groups, excluding NO2 is 1. The standard InChI is InChI=1S/C11H20N2O2.C7H8O3S/c1-8(14)12-9-6-10(2,3)13(15)11(4,5)7-9;1-6-2-4-7(5-3-6)11(8,9)10/h9H,6-7H2,1-5H3;2-5H,1H3,(H,8,9,10). The van der Waals surface area contributed by atoms with Gasteiger partial charge in [0.2, 0.25) is 17.0 Å². The Kier molecular flexibility index (Phi) is 6.70. The van der Waals surface area contributed by atoms with Crippen LogP contribution in [0, 0.1) is 11.8 Å². The number of nitrogens with one attached hydrogen (secondary N) is 1. The van der Waals surface area contributed by atoms with Gasteiger partial charge in [0.15, 0.2) is 0 Å². The van der Waals surface area contributed by atoms with Gasteiger partial charge in [-0.1, -0.05) is 17.7 Å². The quantitative estimate of drug-likeness (QED) is 0.623. The van der Waals surface area contributed by atoms with Crippen LogP contribution in [0.5, 0.6) is 0 Å². The lowest BCUT2D eigenvalue weighted by Gasteiger charge is -2.36. The van der Waals surface area contributed by atoms with Crippen LogP contribution >= 0.6 is 0 Å². The summed E-state index contributed by atoms with van der Waals surface area (Å²) in [6, 6.07) is 5.89. The van der Waals surface area contributed by atoms with Gasteiger partial charge in [0.05, 0.1) is 4.90 Å². The van der Waals surface area contributed by atoms with Crippen LogP contribution in [0.3, 0.4) is 0 Å². The number of nitrogens with zero attached hydrogens (tertiary/aromatic N) is 1. The number of piperidine rings is 1. The zero-order valence-corrected chi connectivity index (χ0v) is 17.0. The molecule has 1 aromatic carbocycles. The molecule has 0 atom stereocenters. The number of carbonyl (C=O) groups excluding carboxylic acids is 1. The number of hydrogen-bond donors (Lipinski definition) is 1. The molecule has 1 N–H and O–H groups in total. The molecule has 1 fully saturated rings. The van der Waals surface area contributed by atoms with E-state index in [-0.39, 0.29) is 16.8 Å². The summed E-state index contributed by atoms with van der Waals surface area (Å²) in [5, 5.41) is 2.91. The molecule has 1 aliphatic rings. The van der Waals surface area contributed by atoms with Gasteiger partial charge in [-0.2, -0.15) is 0 Å². The van der Waals surface area contributed by atoms with Crippen molar-refractivity contribution in [2.75, 3.05) is 0 Å². The maximum atomic E-state index is 12.0. The zero-order chi connectivity index (χ0) is 20.3. The molecule has 1 aliphatic heterocycles. The monoisotopic (exact) mass is 384 g/mol. The summed E-state index contributed by atoms with van der Waals surface area (Å²) in [6.07, 6.45) is 1.42. The van der Waals surface area contributed by atoms with E-state index in [9.17, 15) is 22.7 Å². The first-order valence-corrected chi connectivity index (χ1v) is 9.83. The number of aryl methyl sites for hydroxylation is 1. The van der Waals surface area contributed by atoms with Crippen molar-refractivity contribution >= 4 is 16.0 Å². The second-order valence-corrected chi connectivity index (χ2v) is 9.37. The van der Waals surface area contributed by atoms with Gasteiger partial charge in [-0.05, 0) is 19.1 Å². The number of rotatable bonds is 2. The van der Waals surface area contributed by atoms with Gasteiger partial charge in [-0.25, -0.2) is 8.42 Å². The van der Waals surface area contributed by atoms with E-state index in [2.05, 4.69) is 5.32 Å². The maximum absolute atomic E-state index is 12.0. The largest absolute Gasteiger partial charge is 0.744 e. The molecule has 1 amide bonds. The van der Waals surface area contributed by atoms with Gasteiger partial charge in [0, 0.05) is 63.2 Å². The molecule has 146 valence electrons. The number of amides is 1. The van der Waals surface area contributed by atoms with Gasteiger partial charge in [0.25, 0.3) is 0 Å². The molecule has 26 heavy (non-hydrogen) atoms. The summed E-state index contributed by atoms with van der Waals surface area (Å²) in [5.41, 5.74) is 0.112. The fourth-order valence-electron chi connectivity index (χ4n) is 3.36. The van der Waals surface area contributed by atoms with E-state index < -0.39 is 21.2 Å². The Balaban J connectivity index is 0.000000273. The van der Waals surface area contributed by atoms with Crippen LogP contribution in [-0.4, -0.2) is 40.8 Å². The topological polar surface area (TPSA) is 106 Å². The fraction of sp³-hybridized carbons (Fsp3) is 0.611. The number of hydrogen-bond acceptors (Lipinski definition) is 5. The van der Waals surface area contributed by atoms with Crippen molar-refractivity contribution < 1.29 is 22.5 Å². The van der Waals surface area contributed by atoms with Crippen LogP contribution in [0.4, 0.5) is 0 Å². The van der Waals surface area contributed by atoms with Crippen LogP contribution < -0.4 is 5.32 Å². The van der Waals surface area contributed by atoms with Crippen LogP contribution in [0.2, 0.25) is 0 Å². The molecule has 0 bridgehead atoms. The van der Waals surface area contributed by atoms with Crippen molar-refractivity contribution in [1.82, 2.24) is 5.32 Å². The van der Waals surface area contributed by atoms with Crippen molar-refractivity contribution in [1.29, 1.82) is 0 Å². The molecule has 1 saturated heterocycles. The van der Waals surface area contributed by atoms with Gasteiger partial charge in [-0.15, -0.1) is 0 Å². The number of benzene rings is 1. The van der Waals surface area contributed by atoms with Crippen molar-refractivity contribution in [3.63, 3.8) is 0 Å². The Morgan fingerprint density at radius 1 is 1.12 bits per heavy atom. The average molecular weight is 384 g/mol. The molecule has 1 heterocycles. The summed E-state index contributed by atoms with van der Waals surface area (Å²) in [6.45, 7) is 11.0. The Morgan fingerprint density at radius 3 is 1.88 bits per heavy atom. The zero-order valence-electron chi connectivity index (χ0n) is 16.2. The second kappa shape index (κ2) is 7.84. The smallest absolute Gasteiger partial charge is 0.217 e. The van der Waals surface area contributed by atoms with Crippen LogP contribution in [0.25, 0.3) is 0 Å². The molecule has 8 heteroatoms. The average Bonchev–Trinajstić information content (AvgIpc) is 2.43. The van der Waals surface area contributed by atoms with E-state index >= 15 is 0 Å². The lowest BCUT2D eigenvalue weighted by atomic mass is 9.79. The third-order valence-corrected chi connectivity index (χ3v) is 5.16. The van der Waals surface area contributed by atoms with E-state index in [1.807, 2.05) is 34.6 Å². The molecule has 7 nitrogen and oxygen atoms in total. The van der Waals surface area contributed by atoms with Gasteiger partial charge in [0.1, 0.15) is 10.1 Å². The first kappa shape index (κ1) is 22.2. The van der Waals surface area contributed by atoms with Crippen LogP contribution in [0.1, 0.15) is 53.0 Å². The highest BCUT2D eigenvalue weighted by molar-refractivity contribution is 7.85. The molecule has 0 spiro atoms. The third-order valence-electron chi connectivity index (χ3n) is 4.31. The minimum Gasteiger partial charge on any atom is -0.744 e. The lowest BCUT2D eigenvalue weighted by molar-refractivity contribution is -0.693. The molecule has 0 radical (unpaired) electrons. The first-order chi connectivity index (χ1) is 11.6. The van der Waals surface area contributed by atoms with E-state index in [0.717, 1.165) is 10.3 Å². The van der Waals surface area contributed by atoms with E-state index in [0.29, 0.717) is 12.8 Å². The Labute approximate surface area is 155 Å². The second-order valence-electron chi connectivity index (χ2n) is 7.99. The molecular weight excluding hydrogens is 356 g/mol. The Hall–Kier alpha value is -1.80. The molecule has 0 saturated carbocycles. The summed E-state index contributed by atoms with van der Waals surface area (Å²) in [7, 11) is -4.27. The highest BCUT2D eigenvalue weighted by atomic mass is 32.2. The van der Waals surface area contributed by atoms with Gasteiger partial charge in [-0.3, -0.25) is 4.79 Å². The summed E-state index contributed by atoms with van der Waals surface area (Å²) >= 11 is 0. The molecular formula is C18H28N2O5S. The first-order valence-electron chi connectivity index (χ1n) is 8.42. The highest BCUT2D eigenvalue weighted by Gasteiger charge is 2.53. The SMILES string of the molecule is CC(=O)NC1CC(C)(C)[N+](=O)C(C)(C)C1.Cc1ccc(S(=O)(=O)[O-])cc1. The number of carbonyl (C=O) groups is 1. The van der Waals surface area contributed by atoms with Crippen molar-refractivity contribution in [3.8, 4) is 0 Å². The lowest BCUT2D eigenvalue weighted by Crippen LogP contribution is -2.58. The van der Waals surface area contributed by atoms with E-state index in [1.165, 1.54) is 19.1 Å². The molecule has 1 aromatic rings. The summed E-state index contributed by atoms with van der Waals surface area (Å²) in [4.78, 5) is 22.8. The predicted octanol–water partition coefficient (Wildman–Crippen LogP) is 2.52. The maximum Gasteiger partial charge on any atom is 0.217 e. The van der Waals surface area contributed by atoms with E-state index in [4.69, 9.17) is 0 Å². The molecule has 0 aromatic heterocycles. The van der Waals surface area contributed by atoms with Crippen LogP contribution in [0.15, 0.2) is 29.2 Å². The Morgan fingerprint density at radius 2 is 1.54 bits per heavy atom. The summed E-state index contributed by atoms with van der Waals surface area (Å²) in [5.74, 6) is -0.0223. The highest BCUT2D eigenvalue weighted by Crippen LogP contribution is 2.34. The van der Waals surface area contributed by atoms with Gasteiger partial charge < -0.3 is 9.87 Å². The Bertz CT molecular complexity index is 747. The normalized spacial score (nSPS) is 19.3. The minimum absolute atomic E-state index is 0.0223. The van der Waals surface area contributed by atoms with Crippen LogP contribution in [-0.2, 0) is 14.9 Å². The summed E-state index contributed by atoms with van der Waals surface area (Å²) < 4.78 is 32.3. The fourth-order valence-corrected chi connectivity index (χ4v) is 3.83. The van der Waals surface area contributed by atoms with Crippen molar-refractivity contribution in [2.24, 2.45) is 0 Å².